The lowest BCUT2D eigenvalue weighted by atomic mass is 10.4. The van der Waals surface area contributed by atoms with Crippen molar-refractivity contribution in [2.45, 2.75) is 17.1 Å². The number of primary amides is 1. The van der Waals surface area contributed by atoms with Crippen LogP contribution in [0.1, 0.15) is 6.92 Å². The fraction of sp³-hybridized carbons (Fsp3) is 0.222. The molecule has 0 bridgehead atoms. The van der Waals surface area contributed by atoms with Crippen LogP contribution >= 0.6 is 0 Å². The van der Waals surface area contributed by atoms with Gasteiger partial charge in [0, 0.05) is 6.20 Å². The number of nitrogens with one attached hydrogen (secondary N) is 1. The molecule has 2 unspecified atom stereocenters. The topological polar surface area (TPSA) is 128 Å². The second-order valence-corrected chi connectivity index (χ2v) is 4.95. The Hall–Kier alpha value is -1.96. The summed E-state index contributed by atoms with van der Waals surface area (Å²) >= 11 is 0. The van der Waals surface area contributed by atoms with Crippen LogP contribution in [0.4, 0.5) is 10.5 Å². The van der Waals surface area contributed by atoms with Gasteiger partial charge >= 0.3 is 6.03 Å². The molecule has 0 fully saturated rings. The highest BCUT2D eigenvalue weighted by molar-refractivity contribution is 7.86. The van der Waals surface area contributed by atoms with Crippen molar-refractivity contribution in [1.82, 2.24) is 10.3 Å². The number of nitrogens with two attached hydrogens (primary N) is 2. The van der Waals surface area contributed by atoms with E-state index < -0.39 is 28.0 Å². The second-order valence-electron chi connectivity index (χ2n) is 3.21. The maximum absolute atomic E-state index is 12.0. The molecule has 1 rings (SSSR count). The minimum atomic E-state index is -1.67. The van der Waals surface area contributed by atoms with Crippen molar-refractivity contribution in [2.24, 2.45) is 5.73 Å². The van der Waals surface area contributed by atoms with Crippen LogP contribution in [-0.4, -0.2) is 26.4 Å². The molecule has 7 nitrogen and oxygen atoms in total. The van der Waals surface area contributed by atoms with Crippen molar-refractivity contribution in [1.29, 1.82) is 0 Å². The molecule has 0 radical (unpaired) electrons. The summed E-state index contributed by atoms with van der Waals surface area (Å²) in [5.74, 6) is -0.716. The van der Waals surface area contributed by atoms with Crippen LogP contribution in [0.25, 0.3) is 0 Å². The number of nitrogens with zero attached hydrogens (tertiary/aromatic N) is 1. The minimum Gasteiger partial charge on any atom is -0.396 e. The number of urea groups is 1. The van der Waals surface area contributed by atoms with E-state index in [0.717, 1.165) is 0 Å². The third-order valence-electron chi connectivity index (χ3n) is 1.96. The molecule has 17 heavy (non-hydrogen) atoms. The molecular weight excluding hydrogens is 244 g/mol. The normalized spacial score (nSPS) is 13.7. The van der Waals surface area contributed by atoms with Crippen LogP contribution in [0.15, 0.2) is 23.4 Å². The maximum atomic E-state index is 12.0. The van der Waals surface area contributed by atoms with E-state index in [1.165, 1.54) is 25.4 Å². The zero-order chi connectivity index (χ0) is 13.0. The van der Waals surface area contributed by atoms with Gasteiger partial charge in [-0.1, -0.05) is 0 Å². The van der Waals surface area contributed by atoms with Crippen LogP contribution in [0.2, 0.25) is 0 Å². The second kappa shape index (κ2) is 5.39. The Morgan fingerprint density at radius 1 is 1.53 bits per heavy atom. The number of aromatic nitrogens is 1. The fourth-order valence-corrected chi connectivity index (χ4v) is 2.20. The van der Waals surface area contributed by atoms with Gasteiger partial charge in [-0.3, -0.25) is 19.3 Å². The zero-order valence-electron chi connectivity index (χ0n) is 9.04. The Labute approximate surface area is 100 Å². The van der Waals surface area contributed by atoms with Crippen molar-refractivity contribution in [2.75, 3.05) is 5.73 Å². The van der Waals surface area contributed by atoms with Crippen molar-refractivity contribution in [3.8, 4) is 0 Å². The summed E-state index contributed by atoms with van der Waals surface area (Å²) in [5, 5.41) is 0.925. The molecule has 3 amide bonds. The Bertz CT molecular complexity index is 477. The Kier molecular flexibility index (Phi) is 4.16. The van der Waals surface area contributed by atoms with E-state index in [9.17, 15) is 13.8 Å². The van der Waals surface area contributed by atoms with E-state index in [0.29, 0.717) is 4.90 Å². The molecule has 92 valence electrons. The number of carbonyl (C=O) groups is 2. The zero-order valence-corrected chi connectivity index (χ0v) is 9.86. The highest BCUT2D eigenvalue weighted by Gasteiger charge is 2.23. The number of anilines is 1. The van der Waals surface area contributed by atoms with Gasteiger partial charge in [0.2, 0.25) is 5.91 Å². The molecule has 1 heterocycles. The molecule has 0 spiro atoms. The lowest BCUT2D eigenvalue weighted by molar-refractivity contribution is -0.119. The summed E-state index contributed by atoms with van der Waals surface area (Å²) in [6.07, 6.45) is 2.76. The lowest BCUT2D eigenvalue weighted by Gasteiger charge is -2.11. The van der Waals surface area contributed by atoms with Gasteiger partial charge in [-0.25, -0.2) is 4.79 Å². The SMILES string of the molecule is CC(C(=O)NC(N)=O)S(=O)c1ccncc1N. The average molecular weight is 256 g/mol. The molecule has 0 aliphatic carbocycles. The van der Waals surface area contributed by atoms with E-state index in [2.05, 4.69) is 4.98 Å². The highest BCUT2D eigenvalue weighted by atomic mass is 32.2. The third kappa shape index (κ3) is 3.25. The molecular formula is C9H12N4O3S. The predicted molar refractivity (Wildman–Crippen MR) is 62.2 cm³/mol. The molecule has 0 aliphatic rings. The molecule has 1 aromatic rings. The number of hydrogen-bond donors (Lipinski definition) is 3. The summed E-state index contributed by atoms with van der Waals surface area (Å²) in [5.41, 5.74) is 10.6. The molecule has 0 saturated carbocycles. The number of amides is 3. The van der Waals surface area contributed by atoms with Gasteiger partial charge in [-0.2, -0.15) is 0 Å². The molecule has 0 saturated heterocycles. The average Bonchev–Trinajstić information content (AvgIpc) is 2.27. The van der Waals surface area contributed by atoms with E-state index in [1.807, 2.05) is 5.32 Å². The van der Waals surface area contributed by atoms with E-state index in [1.54, 1.807) is 0 Å². The summed E-state index contributed by atoms with van der Waals surface area (Å²) < 4.78 is 12.0. The van der Waals surface area contributed by atoms with Gasteiger partial charge in [-0.05, 0) is 13.0 Å². The number of imide groups is 1. The molecule has 0 aromatic carbocycles. The van der Waals surface area contributed by atoms with Gasteiger partial charge in [0.15, 0.2) is 0 Å². The van der Waals surface area contributed by atoms with Gasteiger partial charge in [0.25, 0.3) is 0 Å². The number of rotatable bonds is 3. The number of carbonyl (C=O) groups excluding carboxylic acids is 2. The van der Waals surface area contributed by atoms with Gasteiger partial charge in [-0.15, -0.1) is 0 Å². The van der Waals surface area contributed by atoms with Gasteiger partial charge in [0.1, 0.15) is 5.25 Å². The van der Waals surface area contributed by atoms with Crippen LogP contribution in [0.5, 0.6) is 0 Å². The van der Waals surface area contributed by atoms with Crippen molar-refractivity contribution >= 4 is 28.4 Å². The van der Waals surface area contributed by atoms with Crippen LogP contribution in [0, 0.1) is 0 Å². The monoisotopic (exact) mass is 256 g/mol. The summed E-state index contributed by atoms with van der Waals surface area (Å²) in [7, 11) is -1.67. The van der Waals surface area contributed by atoms with Crippen molar-refractivity contribution in [3.05, 3.63) is 18.5 Å². The Morgan fingerprint density at radius 3 is 2.71 bits per heavy atom. The molecule has 8 heteroatoms. The number of hydrogen-bond acceptors (Lipinski definition) is 5. The smallest absolute Gasteiger partial charge is 0.318 e. The summed E-state index contributed by atoms with van der Waals surface area (Å²) in [4.78, 5) is 26.0. The maximum Gasteiger partial charge on any atom is 0.318 e. The lowest BCUT2D eigenvalue weighted by Crippen LogP contribution is -2.42. The van der Waals surface area contributed by atoms with Crippen molar-refractivity contribution in [3.63, 3.8) is 0 Å². The van der Waals surface area contributed by atoms with Crippen LogP contribution in [0.3, 0.4) is 0 Å². The minimum absolute atomic E-state index is 0.226. The summed E-state index contributed by atoms with van der Waals surface area (Å²) in [6, 6.07) is 0.473. The first-order chi connectivity index (χ1) is 7.93. The first kappa shape index (κ1) is 13.1. The van der Waals surface area contributed by atoms with Crippen LogP contribution in [-0.2, 0) is 15.6 Å². The Morgan fingerprint density at radius 2 is 2.18 bits per heavy atom. The van der Waals surface area contributed by atoms with Crippen molar-refractivity contribution < 1.29 is 13.8 Å². The van der Waals surface area contributed by atoms with E-state index >= 15 is 0 Å². The molecule has 1 aromatic heterocycles. The quantitative estimate of drug-likeness (QED) is 0.662. The van der Waals surface area contributed by atoms with E-state index in [-0.39, 0.29) is 5.69 Å². The van der Waals surface area contributed by atoms with Gasteiger partial charge in [0.05, 0.1) is 27.6 Å². The van der Waals surface area contributed by atoms with Crippen LogP contribution < -0.4 is 16.8 Å². The highest BCUT2D eigenvalue weighted by Crippen LogP contribution is 2.17. The summed E-state index contributed by atoms with van der Waals surface area (Å²) in [6.45, 7) is 1.41. The number of nitrogen functional groups attached to an aromatic ring is 1. The number of pyridine rings is 1. The van der Waals surface area contributed by atoms with Gasteiger partial charge < -0.3 is 11.5 Å². The predicted octanol–water partition coefficient (Wildman–Crippen LogP) is -0.645. The fourth-order valence-electron chi connectivity index (χ4n) is 1.09. The molecule has 0 aliphatic heterocycles. The first-order valence-corrected chi connectivity index (χ1v) is 5.85. The van der Waals surface area contributed by atoms with E-state index in [4.69, 9.17) is 11.5 Å². The Balaban J connectivity index is 2.87. The first-order valence-electron chi connectivity index (χ1n) is 4.64. The largest absolute Gasteiger partial charge is 0.396 e. The third-order valence-corrected chi connectivity index (χ3v) is 3.63. The molecule has 2 atom stereocenters. The molecule has 5 N–H and O–H groups in total. The standard InChI is InChI=1S/C9H12N4O3S/c1-5(8(14)13-9(11)15)17(16)7-2-3-12-4-6(7)10/h2-5H,10H2,1H3,(H3,11,13,14,15).